The molecule has 0 spiro atoms. The Morgan fingerprint density at radius 1 is 1.42 bits per heavy atom. The van der Waals surface area contributed by atoms with Crippen molar-refractivity contribution in [3.63, 3.8) is 0 Å². The maximum atomic E-state index is 12.5. The summed E-state index contributed by atoms with van der Waals surface area (Å²) >= 11 is 0. The molecule has 2 rings (SSSR count). The van der Waals surface area contributed by atoms with E-state index in [0.717, 1.165) is 31.6 Å². The largest absolute Gasteiger partial charge is 0.311 e. The minimum atomic E-state index is -0.0125. The zero-order chi connectivity index (χ0) is 13.8. The van der Waals surface area contributed by atoms with Crippen molar-refractivity contribution >= 4 is 11.6 Å². The van der Waals surface area contributed by atoms with Crippen molar-refractivity contribution in [3.8, 4) is 0 Å². The predicted octanol–water partition coefficient (Wildman–Crippen LogP) is 2.91. The molecule has 1 N–H and O–H groups in total. The van der Waals surface area contributed by atoms with Crippen LogP contribution in [0.1, 0.15) is 45.1 Å². The lowest BCUT2D eigenvalue weighted by Crippen LogP contribution is -2.50. The molecule has 1 amide bonds. The molecular weight excluding hydrogens is 236 g/mol. The predicted molar refractivity (Wildman–Crippen MR) is 79.6 cm³/mol. The molecule has 0 bridgehead atoms. The summed E-state index contributed by atoms with van der Waals surface area (Å²) in [6.45, 7) is 8.08. The van der Waals surface area contributed by atoms with Gasteiger partial charge >= 0.3 is 0 Å². The molecule has 0 radical (unpaired) electrons. The lowest BCUT2D eigenvalue weighted by molar-refractivity contribution is -0.121. The maximum Gasteiger partial charge on any atom is 0.244 e. The van der Waals surface area contributed by atoms with Crippen molar-refractivity contribution in [1.29, 1.82) is 0 Å². The summed E-state index contributed by atoms with van der Waals surface area (Å²) in [5.74, 6) is 0.707. The number of carbonyl (C=O) groups excluding carboxylic acids is 1. The lowest BCUT2D eigenvalue weighted by atomic mass is 10.00. The molecular formula is C16H24N2O. The number of carbonyl (C=O) groups is 1. The fraction of sp³-hybridized carbons (Fsp3) is 0.562. The fourth-order valence-corrected chi connectivity index (χ4v) is 2.62. The minimum Gasteiger partial charge on any atom is -0.311 e. The van der Waals surface area contributed by atoms with Crippen molar-refractivity contribution in [2.45, 2.75) is 45.6 Å². The molecule has 1 aliphatic rings. The molecule has 3 heteroatoms. The number of nitrogens with zero attached hydrogens (tertiary/aromatic N) is 1. The second-order valence-corrected chi connectivity index (χ2v) is 5.49. The van der Waals surface area contributed by atoms with Gasteiger partial charge in [0, 0.05) is 12.2 Å². The second-order valence-electron chi connectivity index (χ2n) is 5.49. The number of amides is 1. The molecule has 1 saturated heterocycles. The Morgan fingerprint density at radius 3 is 2.89 bits per heavy atom. The van der Waals surface area contributed by atoms with E-state index in [-0.39, 0.29) is 11.9 Å². The van der Waals surface area contributed by atoms with Crippen LogP contribution in [0.2, 0.25) is 0 Å². The number of rotatable bonds is 4. The minimum absolute atomic E-state index is 0.0125. The van der Waals surface area contributed by atoms with E-state index >= 15 is 0 Å². The first-order valence-corrected chi connectivity index (χ1v) is 7.28. The van der Waals surface area contributed by atoms with Gasteiger partial charge in [0.2, 0.25) is 5.91 Å². The van der Waals surface area contributed by atoms with Crippen LogP contribution in [-0.2, 0) is 4.79 Å². The summed E-state index contributed by atoms with van der Waals surface area (Å²) in [4.78, 5) is 14.4. The Labute approximate surface area is 116 Å². The highest BCUT2D eigenvalue weighted by Crippen LogP contribution is 2.25. The monoisotopic (exact) mass is 260 g/mol. The van der Waals surface area contributed by atoms with Gasteiger partial charge in [0.05, 0.1) is 6.04 Å². The number of hydrogen-bond donors (Lipinski definition) is 1. The van der Waals surface area contributed by atoms with Gasteiger partial charge in [-0.15, -0.1) is 0 Å². The highest BCUT2D eigenvalue weighted by Gasteiger charge is 2.28. The Hall–Kier alpha value is -1.35. The number of hydrogen-bond acceptors (Lipinski definition) is 2. The van der Waals surface area contributed by atoms with Gasteiger partial charge in [-0.3, -0.25) is 4.79 Å². The van der Waals surface area contributed by atoms with Gasteiger partial charge in [-0.1, -0.05) is 32.9 Å². The number of nitrogens with one attached hydrogen (secondary N) is 1. The summed E-state index contributed by atoms with van der Waals surface area (Å²) in [7, 11) is 0. The Morgan fingerprint density at radius 2 is 2.21 bits per heavy atom. The van der Waals surface area contributed by atoms with Crippen molar-refractivity contribution in [2.75, 3.05) is 18.0 Å². The number of piperidine rings is 1. The number of likely N-dealkylation sites (N-methyl/N-ethyl adjacent to an activating group) is 1. The molecule has 1 aliphatic heterocycles. The second kappa shape index (κ2) is 6.20. The normalized spacial score (nSPS) is 20.1. The fourth-order valence-electron chi connectivity index (χ4n) is 2.62. The van der Waals surface area contributed by atoms with Gasteiger partial charge in [0.25, 0.3) is 0 Å². The average molecular weight is 260 g/mol. The van der Waals surface area contributed by atoms with Gasteiger partial charge in [-0.05, 0) is 43.0 Å². The third-order valence-corrected chi connectivity index (χ3v) is 3.74. The van der Waals surface area contributed by atoms with Crippen LogP contribution < -0.4 is 10.2 Å². The zero-order valence-electron chi connectivity index (χ0n) is 12.1. The highest BCUT2D eigenvalue weighted by atomic mass is 16.2. The van der Waals surface area contributed by atoms with Crippen LogP contribution in [-0.4, -0.2) is 25.0 Å². The molecule has 0 aromatic heterocycles. The molecule has 1 aromatic carbocycles. The topological polar surface area (TPSA) is 32.3 Å². The molecule has 104 valence electrons. The van der Waals surface area contributed by atoms with Crippen molar-refractivity contribution < 1.29 is 4.79 Å². The van der Waals surface area contributed by atoms with Crippen LogP contribution in [0.4, 0.5) is 5.69 Å². The van der Waals surface area contributed by atoms with Crippen LogP contribution in [0.25, 0.3) is 0 Å². The van der Waals surface area contributed by atoms with Gasteiger partial charge in [-0.2, -0.15) is 0 Å². The Kier molecular flexibility index (Phi) is 4.59. The molecule has 1 unspecified atom stereocenters. The van der Waals surface area contributed by atoms with E-state index in [9.17, 15) is 4.79 Å². The first-order chi connectivity index (χ1) is 9.13. The molecule has 3 nitrogen and oxygen atoms in total. The SMILES string of the molecule is CCNC1CCCN(c2cccc(C(C)C)c2)C1=O. The van der Waals surface area contributed by atoms with Crippen LogP contribution in [0.3, 0.4) is 0 Å². The Bertz CT molecular complexity index is 440. The number of anilines is 1. The van der Waals surface area contributed by atoms with E-state index in [0.29, 0.717) is 5.92 Å². The lowest BCUT2D eigenvalue weighted by Gasteiger charge is -2.33. The van der Waals surface area contributed by atoms with Crippen molar-refractivity contribution in [1.82, 2.24) is 5.32 Å². The van der Waals surface area contributed by atoms with Gasteiger partial charge in [0.1, 0.15) is 0 Å². The van der Waals surface area contributed by atoms with Gasteiger partial charge < -0.3 is 10.2 Å². The van der Waals surface area contributed by atoms with Gasteiger partial charge in [-0.25, -0.2) is 0 Å². The first kappa shape index (κ1) is 14.1. The molecule has 0 saturated carbocycles. The van der Waals surface area contributed by atoms with E-state index in [2.05, 4.69) is 37.4 Å². The van der Waals surface area contributed by atoms with Crippen LogP contribution in [0, 0.1) is 0 Å². The quantitative estimate of drug-likeness (QED) is 0.902. The average Bonchev–Trinajstić information content (AvgIpc) is 2.41. The smallest absolute Gasteiger partial charge is 0.244 e. The van der Waals surface area contributed by atoms with Crippen molar-refractivity contribution in [3.05, 3.63) is 29.8 Å². The van der Waals surface area contributed by atoms with Crippen molar-refractivity contribution in [2.24, 2.45) is 0 Å². The van der Waals surface area contributed by atoms with E-state index in [4.69, 9.17) is 0 Å². The zero-order valence-corrected chi connectivity index (χ0v) is 12.1. The van der Waals surface area contributed by atoms with E-state index in [1.807, 2.05) is 17.9 Å². The van der Waals surface area contributed by atoms with Crippen LogP contribution in [0.5, 0.6) is 0 Å². The molecule has 1 heterocycles. The summed E-state index contributed by atoms with van der Waals surface area (Å²) in [5, 5.41) is 3.28. The molecule has 1 aromatic rings. The molecule has 0 aliphatic carbocycles. The van der Waals surface area contributed by atoms with E-state index < -0.39 is 0 Å². The summed E-state index contributed by atoms with van der Waals surface area (Å²) < 4.78 is 0. The summed E-state index contributed by atoms with van der Waals surface area (Å²) in [6.07, 6.45) is 2.02. The van der Waals surface area contributed by atoms with Crippen LogP contribution in [0.15, 0.2) is 24.3 Å². The number of benzene rings is 1. The molecule has 1 atom stereocenters. The van der Waals surface area contributed by atoms with Crippen LogP contribution >= 0.6 is 0 Å². The molecule has 1 fully saturated rings. The third kappa shape index (κ3) is 3.16. The third-order valence-electron chi connectivity index (χ3n) is 3.74. The summed E-state index contributed by atoms with van der Waals surface area (Å²) in [6, 6.07) is 8.36. The molecule has 19 heavy (non-hydrogen) atoms. The highest BCUT2D eigenvalue weighted by molar-refractivity contribution is 5.98. The standard InChI is InChI=1S/C16H24N2O/c1-4-17-15-9-6-10-18(16(15)19)14-8-5-7-13(11-14)12(2)3/h5,7-8,11-12,15,17H,4,6,9-10H2,1-3H3. The maximum absolute atomic E-state index is 12.5. The Balaban J connectivity index is 2.20. The van der Waals surface area contributed by atoms with E-state index in [1.165, 1.54) is 5.56 Å². The first-order valence-electron chi connectivity index (χ1n) is 7.28. The van der Waals surface area contributed by atoms with Gasteiger partial charge in [0.15, 0.2) is 0 Å². The summed E-state index contributed by atoms with van der Waals surface area (Å²) in [5.41, 5.74) is 2.33. The van der Waals surface area contributed by atoms with E-state index in [1.54, 1.807) is 0 Å².